The minimum Gasteiger partial charge on any atom is -0.363 e. The van der Waals surface area contributed by atoms with Crippen LogP contribution in [0.25, 0.3) is 0 Å². The van der Waals surface area contributed by atoms with E-state index < -0.39 is 0 Å². The monoisotopic (exact) mass is 177 g/mol. The van der Waals surface area contributed by atoms with E-state index in [9.17, 15) is 0 Å². The van der Waals surface area contributed by atoms with E-state index in [4.69, 9.17) is 5.21 Å². The van der Waals surface area contributed by atoms with E-state index in [0.29, 0.717) is 5.84 Å². The van der Waals surface area contributed by atoms with Gasteiger partial charge >= 0.3 is 0 Å². The lowest BCUT2D eigenvalue weighted by Gasteiger charge is -2.21. The fraction of sp³-hybridized carbons (Fsp3) is 0.222. The summed E-state index contributed by atoms with van der Waals surface area (Å²) in [6.45, 7) is 1.92. The number of hydrogen-bond acceptors (Lipinski definition) is 4. The van der Waals surface area contributed by atoms with Gasteiger partial charge < -0.3 is 5.32 Å². The van der Waals surface area contributed by atoms with Gasteiger partial charge in [-0.15, -0.1) is 0 Å². The SMILES string of the molecule is CC1N=C(NO)c2ccccc2N1. The second-order valence-electron chi connectivity index (χ2n) is 2.96. The van der Waals surface area contributed by atoms with E-state index in [1.165, 1.54) is 0 Å². The van der Waals surface area contributed by atoms with Crippen LogP contribution in [-0.4, -0.2) is 17.2 Å². The summed E-state index contributed by atoms with van der Waals surface area (Å²) in [5.74, 6) is 0.516. The van der Waals surface area contributed by atoms with Crippen LogP contribution in [-0.2, 0) is 0 Å². The summed E-state index contributed by atoms with van der Waals surface area (Å²) in [5.41, 5.74) is 3.98. The average molecular weight is 177 g/mol. The van der Waals surface area contributed by atoms with Crippen LogP contribution in [0.15, 0.2) is 29.3 Å². The lowest BCUT2D eigenvalue weighted by molar-refractivity contribution is 0.234. The van der Waals surface area contributed by atoms with Gasteiger partial charge in [0.05, 0.1) is 0 Å². The van der Waals surface area contributed by atoms with E-state index in [1.54, 1.807) is 0 Å². The van der Waals surface area contributed by atoms with E-state index in [0.717, 1.165) is 11.3 Å². The molecule has 1 aliphatic rings. The summed E-state index contributed by atoms with van der Waals surface area (Å²) in [5, 5.41) is 12.0. The van der Waals surface area contributed by atoms with Crippen molar-refractivity contribution >= 4 is 11.5 Å². The van der Waals surface area contributed by atoms with Gasteiger partial charge in [-0.3, -0.25) is 10.7 Å². The predicted molar refractivity (Wildman–Crippen MR) is 51.0 cm³/mol. The number of rotatable bonds is 0. The highest BCUT2D eigenvalue weighted by Crippen LogP contribution is 2.20. The van der Waals surface area contributed by atoms with Gasteiger partial charge in [0.25, 0.3) is 0 Å². The molecule has 68 valence electrons. The Morgan fingerprint density at radius 1 is 1.46 bits per heavy atom. The third-order valence-corrected chi connectivity index (χ3v) is 1.98. The largest absolute Gasteiger partial charge is 0.363 e. The number of anilines is 1. The van der Waals surface area contributed by atoms with Gasteiger partial charge in [0.1, 0.15) is 6.17 Å². The minimum atomic E-state index is -0.00968. The van der Waals surface area contributed by atoms with Crippen molar-refractivity contribution in [3.05, 3.63) is 29.8 Å². The molecule has 0 fully saturated rings. The van der Waals surface area contributed by atoms with Gasteiger partial charge in [-0.05, 0) is 19.1 Å². The standard InChI is InChI=1S/C9H11N3O/c1-6-10-8-5-3-2-4-7(8)9(11-6)12-13/h2-6,10,13H,1H3,(H,11,12). The van der Waals surface area contributed by atoms with Crippen LogP contribution in [0.2, 0.25) is 0 Å². The summed E-state index contributed by atoms with van der Waals surface area (Å²) >= 11 is 0. The van der Waals surface area contributed by atoms with Gasteiger partial charge in [-0.1, -0.05) is 12.1 Å². The summed E-state index contributed by atoms with van der Waals surface area (Å²) in [6, 6.07) is 7.70. The van der Waals surface area contributed by atoms with Gasteiger partial charge in [-0.2, -0.15) is 0 Å². The Balaban J connectivity index is 2.49. The van der Waals surface area contributed by atoms with E-state index in [1.807, 2.05) is 31.2 Å². The molecule has 0 amide bonds. The number of hydroxylamine groups is 1. The molecule has 0 spiro atoms. The topological polar surface area (TPSA) is 56.7 Å². The molecule has 0 aromatic heterocycles. The molecule has 0 saturated heterocycles. The van der Waals surface area contributed by atoms with Gasteiger partial charge in [0.2, 0.25) is 0 Å². The molecular formula is C9H11N3O. The molecule has 2 rings (SSSR count). The zero-order chi connectivity index (χ0) is 9.26. The van der Waals surface area contributed by atoms with Crippen LogP contribution < -0.4 is 10.8 Å². The maximum absolute atomic E-state index is 8.85. The zero-order valence-corrected chi connectivity index (χ0v) is 7.28. The maximum Gasteiger partial charge on any atom is 0.156 e. The van der Waals surface area contributed by atoms with Crippen molar-refractivity contribution < 1.29 is 5.21 Å². The molecule has 1 heterocycles. The molecule has 1 aliphatic heterocycles. The van der Waals surface area contributed by atoms with Crippen molar-refractivity contribution in [2.75, 3.05) is 5.32 Å². The number of amidine groups is 1. The first-order valence-electron chi connectivity index (χ1n) is 4.15. The number of para-hydroxylation sites is 1. The van der Waals surface area contributed by atoms with Crippen LogP contribution in [0.4, 0.5) is 5.69 Å². The molecule has 0 bridgehead atoms. The Morgan fingerprint density at radius 2 is 2.23 bits per heavy atom. The van der Waals surface area contributed by atoms with Crippen molar-refractivity contribution in [1.29, 1.82) is 0 Å². The third-order valence-electron chi connectivity index (χ3n) is 1.98. The molecule has 4 heteroatoms. The van der Waals surface area contributed by atoms with E-state index >= 15 is 0 Å². The molecule has 3 N–H and O–H groups in total. The normalized spacial score (nSPS) is 19.8. The van der Waals surface area contributed by atoms with Gasteiger partial charge in [0.15, 0.2) is 5.84 Å². The highest BCUT2D eigenvalue weighted by molar-refractivity contribution is 6.04. The smallest absolute Gasteiger partial charge is 0.156 e. The predicted octanol–water partition coefficient (Wildman–Crippen LogP) is 1.18. The average Bonchev–Trinajstić information content (AvgIpc) is 2.16. The number of nitrogens with one attached hydrogen (secondary N) is 2. The van der Waals surface area contributed by atoms with Gasteiger partial charge in [0, 0.05) is 11.3 Å². The van der Waals surface area contributed by atoms with Gasteiger partial charge in [-0.25, -0.2) is 4.99 Å². The fourth-order valence-corrected chi connectivity index (χ4v) is 1.43. The molecule has 13 heavy (non-hydrogen) atoms. The molecule has 0 aliphatic carbocycles. The van der Waals surface area contributed by atoms with Crippen LogP contribution in [0.3, 0.4) is 0 Å². The minimum absolute atomic E-state index is 0.00968. The van der Waals surface area contributed by atoms with Crippen molar-refractivity contribution in [3.63, 3.8) is 0 Å². The van der Waals surface area contributed by atoms with Crippen molar-refractivity contribution in [2.45, 2.75) is 13.1 Å². The van der Waals surface area contributed by atoms with Crippen LogP contribution >= 0.6 is 0 Å². The summed E-state index contributed by atoms with van der Waals surface area (Å²) in [4.78, 5) is 4.19. The highest BCUT2D eigenvalue weighted by atomic mass is 16.5. The highest BCUT2D eigenvalue weighted by Gasteiger charge is 2.15. The lowest BCUT2D eigenvalue weighted by atomic mass is 10.1. The molecule has 1 atom stereocenters. The molecule has 0 radical (unpaired) electrons. The Hall–Kier alpha value is -1.55. The van der Waals surface area contributed by atoms with Crippen molar-refractivity contribution in [2.24, 2.45) is 4.99 Å². The number of nitrogens with zero attached hydrogens (tertiary/aromatic N) is 1. The zero-order valence-electron chi connectivity index (χ0n) is 7.28. The van der Waals surface area contributed by atoms with Crippen molar-refractivity contribution in [3.8, 4) is 0 Å². The second-order valence-corrected chi connectivity index (χ2v) is 2.96. The Labute approximate surface area is 76.3 Å². The maximum atomic E-state index is 8.85. The number of benzene rings is 1. The van der Waals surface area contributed by atoms with Crippen LogP contribution in [0, 0.1) is 0 Å². The quantitative estimate of drug-likeness (QED) is 0.521. The van der Waals surface area contributed by atoms with Crippen molar-refractivity contribution in [1.82, 2.24) is 5.48 Å². The van der Waals surface area contributed by atoms with Crippen LogP contribution in [0.5, 0.6) is 0 Å². The molecule has 1 unspecified atom stereocenters. The first-order chi connectivity index (χ1) is 6.31. The summed E-state index contributed by atoms with van der Waals surface area (Å²) in [7, 11) is 0. The first kappa shape index (κ1) is 8.07. The second kappa shape index (κ2) is 3.06. The Bertz CT molecular complexity index is 348. The number of aliphatic imine (C=N–C) groups is 1. The molecule has 0 saturated carbocycles. The third kappa shape index (κ3) is 1.36. The van der Waals surface area contributed by atoms with E-state index in [2.05, 4.69) is 15.8 Å². The summed E-state index contributed by atoms with van der Waals surface area (Å²) in [6.07, 6.45) is -0.00968. The first-order valence-corrected chi connectivity index (χ1v) is 4.15. The molecule has 1 aromatic carbocycles. The molecule has 1 aromatic rings. The molecule has 4 nitrogen and oxygen atoms in total. The van der Waals surface area contributed by atoms with E-state index in [-0.39, 0.29) is 6.17 Å². The lowest BCUT2D eigenvalue weighted by Crippen LogP contribution is -2.30. The number of hydrogen-bond donors (Lipinski definition) is 3. The molecular weight excluding hydrogens is 166 g/mol. The summed E-state index contributed by atoms with van der Waals surface area (Å²) < 4.78 is 0. The fourth-order valence-electron chi connectivity index (χ4n) is 1.43. The Kier molecular flexibility index (Phi) is 1.90. The number of fused-ring (bicyclic) bond motifs is 1. The Morgan fingerprint density at radius 3 is 3.00 bits per heavy atom. The van der Waals surface area contributed by atoms with Crippen LogP contribution in [0.1, 0.15) is 12.5 Å².